The molecule has 0 heterocycles. The minimum absolute atomic E-state index is 0.247. The number of alkyl halides is 3. The highest BCUT2D eigenvalue weighted by Crippen LogP contribution is 2.29. The highest BCUT2D eigenvalue weighted by molar-refractivity contribution is 5.77. The minimum Gasteiger partial charge on any atom is -0.344 e. The number of rotatable bonds is 5. The van der Waals surface area contributed by atoms with Crippen molar-refractivity contribution in [1.29, 1.82) is 0 Å². The van der Waals surface area contributed by atoms with Gasteiger partial charge >= 0.3 is 6.18 Å². The fraction of sp³-hybridized carbons (Fsp3) is 0.889. The van der Waals surface area contributed by atoms with Gasteiger partial charge in [-0.3, -0.25) is 4.79 Å². The first kappa shape index (κ1) is 12.3. The van der Waals surface area contributed by atoms with Crippen molar-refractivity contribution in [2.45, 2.75) is 19.0 Å². The molecule has 1 aliphatic carbocycles. The molecule has 0 bridgehead atoms. The third kappa shape index (κ3) is 5.61. The van der Waals surface area contributed by atoms with Crippen LogP contribution in [0.5, 0.6) is 0 Å². The van der Waals surface area contributed by atoms with Crippen LogP contribution in [-0.2, 0) is 4.79 Å². The van der Waals surface area contributed by atoms with Crippen molar-refractivity contribution in [3.63, 3.8) is 0 Å². The van der Waals surface area contributed by atoms with Crippen LogP contribution in [-0.4, -0.2) is 43.7 Å². The van der Waals surface area contributed by atoms with Crippen LogP contribution in [0.3, 0.4) is 0 Å². The maximum absolute atomic E-state index is 11.7. The first-order valence-electron chi connectivity index (χ1n) is 4.90. The molecule has 1 N–H and O–H groups in total. The van der Waals surface area contributed by atoms with Gasteiger partial charge in [-0.2, -0.15) is 13.2 Å². The second-order valence-corrected chi connectivity index (χ2v) is 3.94. The van der Waals surface area contributed by atoms with E-state index < -0.39 is 12.7 Å². The summed E-state index contributed by atoms with van der Waals surface area (Å²) in [6.45, 7) is -0.703. The molecule has 0 radical (unpaired) electrons. The summed E-state index contributed by atoms with van der Waals surface area (Å²) in [5.74, 6) is 0.271. The molecule has 1 amide bonds. The number of amides is 1. The Morgan fingerprint density at radius 1 is 1.47 bits per heavy atom. The highest BCUT2D eigenvalue weighted by Gasteiger charge is 2.28. The molecular weight excluding hydrogens is 209 g/mol. The quantitative estimate of drug-likeness (QED) is 0.755. The third-order valence-electron chi connectivity index (χ3n) is 2.26. The van der Waals surface area contributed by atoms with Crippen LogP contribution >= 0.6 is 0 Å². The number of halogens is 3. The topological polar surface area (TPSA) is 32.3 Å². The monoisotopic (exact) mass is 224 g/mol. The van der Waals surface area contributed by atoms with Crippen molar-refractivity contribution < 1.29 is 18.0 Å². The molecule has 0 aromatic heterocycles. The Labute approximate surface area is 86.6 Å². The molecule has 6 heteroatoms. The van der Waals surface area contributed by atoms with Crippen LogP contribution in [0.2, 0.25) is 0 Å². The van der Waals surface area contributed by atoms with E-state index in [1.807, 2.05) is 0 Å². The Hall–Kier alpha value is -0.780. The van der Waals surface area contributed by atoms with E-state index in [4.69, 9.17) is 0 Å². The largest absolute Gasteiger partial charge is 0.401 e. The molecular formula is C9H15F3N2O. The van der Waals surface area contributed by atoms with E-state index in [1.165, 1.54) is 4.90 Å². The van der Waals surface area contributed by atoms with E-state index in [-0.39, 0.29) is 12.5 Å². The fourth-order valence-electron chi connectivity index (χ4n) is 1.24. The van der Waals surface area contributed by atoms with Gasteiger partial charge in [-0.25, -0.2) is 0 Å². The third-order valence-corrected chi connectivity index (χ3v) is 2.26. The fourth-order valence-corrected chi connectivity index (χ4v) is 1.24. The molecule has 0 unspecified atom stereocenters. The zero-order valence-corrected chi connectivity index (χ0v) is 8.60. The molecule has 88 valence electrons. The second-order valence-electron chi connectivity index (χ2n) is 3.94. The van der Waals surface area contributed by atoms with Crippen molar-refractivity contribution in [1.82, 2.24) is 10.2 Å². The zero-order valence-electron chi connectivity index (χ0n) is 8.60. The summed E-state index contributed by atoms with van der Waals surface area (Å²) in [6, 6.07) is 0. The SMILES string of the molecule is CN(CC1CC1)C(=O)CNCC(F)(F)F. The summed E-state index contributed by atoms with van der Waals surface area (Å²) in [6.07, 6.45) is -2.02. The smallest absolute Gasteiger partial charge is 0.344 e. The van der Waals surface area contributed by atoms with E-state index >= 15 is 0 Å². The lowest BCUT2D eigenvalue weighted by atomic mass is 10.4. The van der Waals surface area contributed by atoms with E-state index in [9.17, 15) is 18.0 Å². The van der Waals surface area contributed by atoms with Crippen LogP contribution in [0.25, 0.3) is 0 Å². The molecule has 0 spiro atoms. The van der Waals surface area contributed by atoms with Crippen LogP contribution < -0.4 is 5.32 Å². The van der Waals surface area contributed by atoms with Gasteiger partial charge in [0.2, 0.25) is 5.91 Å². The second kappa shape index (κ2) is 4.83. The zero-order chi connectivity index (χ0) is 11.5. The van der Waals surface area contributed by atoms with Gasteiger partial charge in [0, 0.05) is 13.6 Å². The summed E-state index contributed by atoms with van der Waals surface area (Å²) >= 11 is 0. The normalized spacial score (nSPS) is 16.5. The Balaban J connectivity index is 2.11. The molecule has 1 fully saturated rings. The van der Waals surface area contributed by atoms with Gasteiger partial charge in [0.25, 0.3) is 0 Å². The number of carbonyl (C=O) groups is 1. The van der Waals surface area contributed by atoms with Crippen molar-refractivity contribution in [2.75, 3.05) is 26.7 Å². The number of likely N-dealkylation sites (N-methyl/N-ethyl adjacent to an activating group) is 1. The van der Waals surface area contributed by atoms with Gasteiger partial charge in [0.05, 0.1) is 13.1 Å². The van der Waals surface area contributed by atoms with Crippen LogP contribution in [0.15, 0.2) is 0 Å². The minimum atomic E-state index is -4.25. The maximum Gasteiger partial charge on any atom is 0.401 e. The molecule has 0 saturated heterocycles. The molecule has 15 heavy (non-hydrogen) atoms. The summed E-state index contributed by atoms with van der Waals surface area (Å²) in [5, 5.41) is 2.08. The van der Waals surface area contributed by atoms with Crippen molar-refractivity contribution >= 4 is 5.91 Å². The molecule has 1 rings (SSSR count). The maximum atomic E-state index is 11.7. The molecule has 3 nitrogen and oxygen atoms in total. The number of hydrogen-bond acceptors (Lipinski definition) is 2. The summed E-state index contributed by atoms with van der Waals surface area (Å²) in [4.78, 5) is 12.8. The average molecular weight is 224 g/mol. The summed E-state index contributed by atoms with van der Waals surface area (Å²) < 4.78 is 35.2. The Morgan fingerprint density at radius 3 is 2.53 bits per heavy atom. The number of carbonyl (C=O) groups excluding carboxylic acids is 1. The lowest BCUT2D eigenvalue weighted by Gasteiger charge is -2.17. The van der Waals surface area contributed by atoms with Gasteiger partial charge < -0.3 is 10.2 Å². The van der Waals surface area contributed by atoms with Crippen molar-refractivity contribution in [3.05, 3.63) is 0 Å². The van der Waals surface area contributed by atoms with E-state index in [0.717, 1.165) is 12.8 Å². The van der Waals surface area contributed by atoms with Crippen LogP contribution in [0.1, 0.15) is 12.8 Å². The van der Waals surface area contributed by atoms with Gasteiger partial charge in [0.15, 0.2) is 0 Å². The molecule has 1 saturated carbocycles. The summed E-state index contributed by atoms with van der Waals surface area (Å²) in [5.41, 5.74) is 0. The molecule has 0 aromatic carbocycles. The first-order valence-corrected chi connectivity index (χ1v) is 4.90. The lowest BCUT2D eigenvalue weighted by Crippen LogP contribution is -2.39. The molecule has 0 aromatic rings. The van der Waals surface area contributed by atoms with Crippen LogP contribution in [0.4, 0.5) is 13.2 Å². The molecule has 1 aliphatic rings. The highest BCUT2D eigenvalue weighted by atomic mass is 19.4. The van der Waals surface area contributed by atoms with E-state index in [1.54, 1.807) is 7.05 Å². The summed E-state index contributed by atoms with van der Waals surface area (Å²) in [7, 11) is 1.62. The predicted octanol–water partition coefficient (Wildman–Crippen LogP) is 1.01. The van der Waals surface area contributed by atoms with Crippen molar-refractivity contribution in [2.24, 2.45) is 5.92 Å². The standard InChI is InChI=1S/C9H15F3N2O/c1-14(5-7-2-3-7)8(15)4-13-6-9(10,11)12/h7,13H,2-6H2,1H3. The van der Waals surface area contributed by atoms with Gasteiger partial charge in [-0.05, 0) is 18.8 Å². The number of nitrogens with one attached hydrogen (secondary N) is 1. The Bertz CT molecular complexity index is 226. The van der Waals surface area contributed by atoms with Crippen LogP contribution in [0, 0.1) is 5.92 Å². The Morgan fingerprint density at radius 2 is 2.07 bits per heavy atom. The van der Waals surface area contributed by atoms with Gasteiger partial charge in [-0.15, -0.1) is 0 Å². The van der Waals surface area contributed by atoms with Gasteiger partial charge in [0.1, 0.15) is 0 Å². The molecule has 0 atom stereocenters. The Kier molecular flexibility index (Phi) is 3.96. The van der Waals surface area contributed by atoms with Crippen molar-refractivity contribution in [3.8, 4) is 0 Å². The average Bonchev–Trinajstić information content (AvgIpc) is 2.85. The molecule has 0 aliphatic heterocycles. The van der Waals surface area contributed by atoms with Gasteiger partial charge in [-0.1, -0.05) is 0 Å². The lowest BCUT2D eigenvalue weighted by molar-refractivity contribution is -0.133. The van der Waals surface area contributed by atoms with E-state index in [2.05, 4.69) is 5.32 Å². The first-order chi connectivity index (χ1) is 6.88. The number of hydrogen-bond donors (Lipinski definition) is 1. The number of nitrogens with zero attached hydrogens (tertiary/aromatic N) is 1. The van der Waals surface area contributed by atoms with E-state index in [0.29, 0.717) is 12.5 Å². The predicted molar refractivity (Wildman–Crippen MR) is 49.3 cm³/mol.